The highest BCUT2D eigenvalue weighted by atomic mass is 32.2. The van der Waals surface area contributed by atoms with Crippen LogP contribution in [0, 0.1) is 17.5 Å². The molecule has 1 N–H and O–H groups in total. The number of anilines is 1. The Morgan fingerprint density at radius 2 is 1.70 bits per heavy atom. The highest BCUT2D eigenvalue weighted by Gasteiger charge is 2.32. The van der Waals surface area contributed by atoms with E-state index in [-0.39, 0.29) is 17.5 Å². The normalized spacial score (nSPS) is 18.5. The van der Waals surface area contributed by atoms with Crippen LogP contribution in [0.4, 0.5) is 18.9 Å². The first-order valence-corrected chi connectivity index (χ1v) is 10.6. The van der Waals surface area contributed by atoms with Gasteiger partial charge in [0.1, 0.15) is 5.82 Å². The molecule has 0 saturated carbocycles. The summed E-state index contributed by atoms with van der Waals surface area (Å²) in [6, 6.07) is 6.78. The lowest BCUT2D eigenvalue weighted by Gasteiger charge is -2.42. The lowest BCUT2D eigenvalue weighted by molar-refractivity contribution is 0.0397. The molecular formula is C20H22F3N3O3S. The van der Waals surface area contributed by atoms with Crippen LogP contribution in [0.25, 0.3) is 0 Å². The fourth-order valence-corrected chi connectivity index (χ4v) is 4.07. The van der Waals surface area contributed by atoms with E-state index >= 15 is 0 Å². The van der Waals surface area contributed by atoms with Crippen LogP contribution in [0.2, 0.25) is 0 Å². The summed E-state index contributed by atoms with van der Waals surface area (Å²) in [5.41, 5.74) is 0.438. The molecule has 1 aliphatic rings. The van der Waals surface area contributed by atoms with Crippen molar-refractivity contribution in [1.29, 1.82) is 0 Å². The Labute approximate surface area is 174 Å². The number of rotatable bonds is 5. The molecular weight excluding hydrogens is 419 g/mol. The molecule has 0 bridgehead atoms. The molecule has 162 valence electrons. The van der Waals surface area contributed by atoms with Crippen LogP contribution in [-0.4, -0.2) is 49.8 Å². The number of thiol groups is 1. The first kappa shape index (κ1) is 22.1. The molecule has 1 saturated heterocycles. The van der Waals surface area contributed by atoms with E-state index in [1.54, 1.807) is 11.8 Å². The van der Waals surface area contributed by atoms with Gasteiger partial charge in [0, 0.05) is 48.5 Å². The topological polar surface area (TPSA) is 69.7 Å². The van der Waals surface area contributed by atoms with Crippen molar-refractivity contribution in [1.82, 2.24) is 9.80 Å². The molecule has 3 rings (SSSR count). The van der Waals surface area contributed by atoms with E-state index in [0.717, 1.165) is 12.1 Å². The van der Waals surface area contributed by atoms with Crippen LogP contribution in [-0.2, 0) is 10.9 Å². The van der Waals surface area contributed by atoms with Crippen molar-refractivity contribution in [2.75, 3.05) is 24.4 Å². The third-order valence-corrected chi connectivity index (χ3v) is 5.76. The molecule has 0 radical (unpaired) electrons. The maximum Gasteiger partial charge on any atom is 0.254 e. The van der Waals surface area contributed by atoms with Gasteiger partial charge in [-0.25, -0.2) is 21.6 Å². The molecule has 1 aliphatic heterocycles. The SMILES string of the molecule is CC(c1c(F)ccc(F)c1F)N1CCN(C(=O)c2ccc(N[SH](=O)=O)cc2)[C@@H](C)C1. The van der Waals surface area contributed by atoms with E-state index < -0.39 is 34.4 Å². The van der Waals surface area contributed by atoms with Crippen LogP contribution in [0.1, 0.15) is 35.8 Å². The zero-order chi connectivity index (χ0) is 22.0. The summed E-state index contributed by atoms with van der Waals surface area (Å²) in [5.74, 6) is -3.32. The highest BCUT2D eigenvalue weighted by Crippen LogP contribution is 2.29. The summed E-state index contributed by atoms with van der Waals surface area (Å²) in [6.45, 7) is 4.49. The van der Waals surface area contributed by atoms with Gasteiger partial charge in [0.15, 0.2) is 11.6 Å². The number of amides is 1. The minimum atomic E-state index is -2.79. The van der Waals surface area contributed by atoms with E-state index in [1.165, 1.54) is 24.3 Å². The van der Waals surface area contributed by atoms with Gasteiger partial charge in [-0.05, 0) is 50.2 Å². The number of hydrogen-bond acceptors (Lipinski definition) is 4. The van der Waals surface area contributed by atoms with Crippen LogP contribution in [0.5, 0.6) is 0 Å². The summed E-state index contributed by atoms with van der Waals surface area (Å²) in [6.07, 6.45) is 0. The number of nitrogens with one attached hydrogen (secondary N) is 1. The molecule has 0 aliphatic carbocycles. The molecule has 1 fully saturated rings. The summed E-state index contributed by atoms with van der Waals surface area (Å²) < 4.78 is 65.5. The molecule has 2 aromatic rings. The van der Waals surface area contributed by atoms with E-state index in [0.29, 0.717) is 30.9 Å². The molecule has 1 unspecified atom stereocenters. The van der Waals surface area contributed by atoms with E-state index in [1.807, 2.05) is 11.8 Å². The second kappa shape index (κ2) is 9.05. The maximum atomic E-state index is 14.2. The van der Waals surface area contributed by atoms with Gasteiger partial charge < -0.3 is 4.90 Å². The van der Waals surface area contributed by atoms with Gasteiger partial charge in [-0.2, -0.15) is 0 Å². The Balaban J connectivity index is 1.70. The molecule has 0 spiro atoms. The second-order valence-electron chi connectivity index (χ2n) is 7.22. The molecule has 6 nitrogen and oxygen atoms in total. The van der Waals surface area contributed by atoms with Gasteiger partial charge >= 0.3 is 0 Å². The van der Waals surface area contributed by atoms with Gasteiger partial charge in [-0.1, -0.05) is 0 Å². The Bertz CT molecular complexity index is 1010. The van der Waals surface area contributed by atoms with Crippen molar-refractivity contribution in [2.24, 2.45) is 0 Å². The first-order chi connectivity index (χ1) is 14.2. The van der Waals surface area contributed by atoms with E-state index in [4.69, 9.17) is 0 Å². The third-order valence-electron chi connectivity index (χ3n) is 5.32. The molecule has 2 aromatic carbocycles. The van der Waals surface area contributed by atoms with Crippen LogP contribution >= 0.6 is 0 Å². The lowest BCUT2D eigenvalue weighted by atomic mass is 10.0. The lowest BCUT2D eigenvalue weighted by Crippen LogP contribution is -2.54. The molecule has 2 atom stereocenters. The fourth-order valence-electron chi connectivity index (χ4n) is 3.71. The minimum absolute atomic E-state index is 0.226. The average Bonchev–Trinajstić information content (AvgIpc) is 2.70. The van der Waals surface area contributed by atoms with E-state index in [9.17, 15) is 26.4 Å². The molecule has 1 heterocycles. The zero-order valence-electron chi connectivity index (χ0n) is 16.4. The van der Waals surface area contributed by atoms with E-state index in [2.05, 4.69) is 4.72 Å². The number of nitrogens with zero attached hydrogens (tertiary/aromatic N) is 2. The van der Waals surface area contributed by atoms with Crippen LogP contribution < -0.4 is 4.72 Å². The molecule has 0 aromatic heterocycles. The van der Waals surface area contributed by atoms with Gasteiger partial charge in [0.25, 0.3) is 5.91 Å². The smallest absolute Gasteiger partial charge is 0.254 e. The minimum Gasteiger partial charge on any atom is -0.333 e. The predicted molar refractivity (Wildman–Crippen MR) is 107 cm³/mol. The Hall–Kier alpha value is -2.59. The molecule has 10 heteroatoms. The Kier molecular flexibility index (Phi) is 6.67. The van der Waals surface area contributed by atoms with Gasteiger partial charge in [0.2, 0.25) is 10.9 Å². The van der Waals surface area contributed by atoms with Crippen molar-refractivity contribution in [3.8, 4) is 0 Å². The Morgan fingerprint density at radius 1 is 1.07 bits per heavy atom. The second-order valence-corrected chi connectivity index (χ2v) is 7.96. The number of carbonyl (C=O) groups is 1. The zero-order valence-corrected chi connectivity index (χ0v) is 17.3. The van der Waals surface area contributed by atoms with Gasteiger partial charge in [-0.3, -0.25) is 14.4 Å². The molecule has 1 amide bonds. The van der Waals surface area contributed by atoms with Crippen molar-refractivity contribution >= 4 is 22.5 Å². The van der Waals surface area contributed by atoms with Crippen LogP contribution in [0.15, 0.2) is 36.4 Å². The number of piperazine rings is 1. The highest BCUT2D eigenvalue weighted by molar-refractivity contribution is 7.73. The van der Waals surface area contributed by atoms with Crippen molar-refractivity contribution in [3.05, 3.63) is 65.0 Å². The Morgan fingerprint density at radius 3 is 2.30 bits per heavy atom. The number of halogens is 3. The number of benzene rings is 2. The summed E-state index contributed by atoms with van der Waals surface area (Å²) in [7, 11) is -2.79. The van der Waals surface area contributed by atoms with Crippen molar-refractivity contribution in [3.63, 3.8) is 0 Å². The summed E-state index contributed by atoms with van der Waals surface area (Å²) >= 11 is 0. The monoisotopic (exact) mass is 441 g/mol. The summed E-state index contributed by atoms with van der Waals surface area (Å²) in [5, 5.41) is 0. The van der Waals surface area contributed by atoms with Crippen molar-refractivity contribution in [2.45, 2.75) is 25.9 Å². The quantitative estimate of drug-likeness (QED) is 0.553. The van der Waals surface area contributed by atoms with Gasteiger partial charge in [-0.15, -0.1) is 0 Å². The fraction of sp³-hybridized carbons (Fsp3) is 0.350. The first-order valence-electron chi connectivity index (χ1n) is 9.38. The number of hydrogen-bond donors (Lipinski definition) is 2. The van der Waals surface area contributed by atoms with Crippen molar-refractivity contribution < 1.29 is 26.4 Å². The average molecular weight is 441 g/mol. The third kappa shape index (κ3) is 4.59. The number of carbonyl (C=O) groups excluding carboxylic acids is 1. The molecule has 30 heavy (non-hydrogen) atoms. The van der Waals surface area contributed by atoms with Crippen LogP contribution in [0.3, 0.4) is 0 Å². The maximum absolute atomic E-state index is 14.2. The standard InChI is InChI=1S/C20H22F3N3O3S/c1-12-11-25(13(2)18-16(21)7-8-17(22)19(18)23)9-10-26(12)20(27)14-3-5-15(6-4-14)24-30(28)29/h3-8,12-13,30H,9-11H2,1-2H3,(H,24,28,29)/t12-,13?/m0/s1. The predicted octanol–water partition coefficient (Wildman–Crippen LogP) is 2.95. The summed E-state index contributed by atoms with van der Waals surface area (Å²) in [4.78, 5) is 16.3. The van der Waals surface area contributed by atoms with Gasteiger partial charge in [0.05, 0.1) is 0 Å². The largest absolute Gasteiger partial charge is 0.333 e.